The van der Waals surface area contributed by atoms with E-state index in [4.69, 9.17) is 18.9 Å². The fraction of sp³-hybridized carbons (Fsp3) is 0.464. The van der Waals surface area contributed by atoms with E-state index in [0.717, 1.165) is 11.1 Å². The molecule has 0 unspecified atom stereocenters. The van der Waals surface area contributed by atoms with Gasteiger partial charge in [-0.2, -0.15) is 0 Å². The van der Waals surface area contributed by atoms with Crippen LogP contribution in [0.3, 0.4) is 0 Å². The van der Waals surface area contributed by atoms with Crippen LogP contribution in [0.25, 0.3) is 0 Å². The molecular weight excluding hydrogens is 446 g/mol. The van der Waals surface area contributed by atoms with Gasteiger partial charge in [0.1, 0.15) is 18.2 Å². The van der Waals surface area contributed by atoms with Crippen LogP contribution >= 0.6 is 0 Å². The number of hydrogen-bond donors (Lipinski definition) is 1. The predicted molar refractivity (Wildman–Crippen MR) is 127 cm³/mol. The van der Waals surface area contributed by atoms with Gasteiger partial charge in [-0.1, -0.05) is 36.4 Å². The average Bonchev–Trinajstić information content (AvgIpc) is 3.48. The van der Waals surface area contributed by atoms with Crippen molar-refractivity contribution in [1.82, 2.24) is 4.90 Å². The number of ketones is 1. The Morgan fingerprint density at radius 3 is 2.69 bits per heavy atom. The highest BCUT2D eigenvalue weighted by atomic mass is 16.8. The van der Waals surface area contributed by atoms with E-state index in [2.05, 4.69) is 11.5 Å². The summed E-state index contributed by atoms with van der Waals surface area (Å²) in [7, 11) is 0. The second-order valence-corrected chi connectivity index (χ2v) is 10.3. The largest absolute Gasteiger partial charge is 0.485 e. The molecule has 5 aliphatic rings. The zero-order valence-corrected chi connectivity index (χ0v) is 19.6. The lowest BCUT2D eigenvalue weighted by Gasteiger charge is -2.64. The molecule has 2 saturated heterocycles. The number of aliphatic hydroxyl groups is 1. The molecule has 0 radical (unpaired) electrons. The quantitative estimate of drug-likeness (QED) is 0.667. The maximum atomic E-state index is 13.9. The highest BCUT2D eigenvalue weighted by Crippen LogP contribution is 2.68. The second-order valence-electron chi connectivity index (χ2n) is 10.3. The van der Waals surface area contributed by atoms with Gasteiger partial charge in [0.2, 0.25) is 5.79 Å². The molecular formula is C28H29NO6. The van der Waals surface area contributed by atoms with Crippen molar-refractivity contribution in [3.63, 3.8) is 0 Å². The number of fused-ring (bicyclic) bond motifs is 1. The first-order chi connectivity index (χ1) is 17.0. The fourth-order valence-electron chi connectivity index (χ4n) is 7.42. The zero-order chi connectivity index (χ0) is 23.8. The van der Waals surface area contributed by atoms with Crippen LogP contribution in [0.4, 0.5) is 0 Å². The monoisotopic (exact) mass is 475 g/mol. The first-order valence-electron chi connectivity index (χ1n) is 12.4. The van der Waals surface area contributed by atoms with Crippen LogP contribution in [0.2, 0.25) is 0 Å². The molecule has 1 N–H and O–H groups in total. The maximum absolute atomic E-state index is 13.9. The number of rotatable bonds is 5. The van der Waals surface area contributed by atoms with Gasteiger partial charge in [0.15, 0.2) is 23.4 Å². The Balaban J connectivity index is 1.40. The van der Waals surface area contributed by atoms with Crippen molar-refractivity contribution >= 4 is 5.78 Å². The number of ether oxygens (including phenoxy) is 4. The van der Waals surface area contributed by atoms with Crippen LogP contribution in [-0.2, 0) is 21.5 Å². The highest BCUT2D eigenvalue weighted by molar-refractivity contribution is 6.06. The molecule has 2 aromatic carbocycles. The summed E-state index contributed by atoms with van der Waals surface area (Å²) >= 11 is 0. The number of nitrogens with zero attached hydrogens (tertiary/aromatic N) is 1. The van der Waals surface area contributed by atoms with Crippen molar-refractivity contribution < 1.29 is 28.8 Å². The number of piperidine rings is 1. The Labute approximate surface area is 204 Å². The van der Waals surface area contributed by atoms with E-state index < -0.39 is 28.9 Å². The molecule has 7 nitrogen and oxygen atoms in total. The first kappa shape index (κ1) is 21.6. The fourth-order valence-corrected chi connectivity index (χ4v) is 7.42. The van der Waals surface area contributed by atoms with Crippen LogP contribution in [0, 0.1) is 0 Å². The molecule has 2 bridgehead atoms. The lowest BCUT2D eigenvalue weighted by Crippen LogP contribution is -2.80. The van der Waals surface area contributed by atoms with Gasteiger partial charge in [-0.25, -0.2) is 0 Å². The smallest absolute Gasteiger partial charge is 0.207 e. The average molecular weight is 476 g/mol. The highest BCUT2D eigenvalue weighted by Gasteiger charge is 2.79. The van der Waals surface area contributed by atoms with Gasteiger partial charge in [-0.05, 0) is 30.5 Å². The van der Waals surface area contributed by atoms with E-state index in [1.807, 2.05) is 42.5 Å². The summed E-state index contributed by atoms with van der Waals surface area (Å²) in [6, 6.07) is 12.9. The summed E-state index contributed by atoms with van der Waals surface area (Å²) in [5.74, 6) is 0.118. The van der Waals surface area contributed by atoms with Gasteiger partial charge in [-0.3, -0.25) is 9.69 Å². The Morgan fingerprint density at radius 2 is 1.91 bits per heavy atom. The molecule has 2 aliphatic carbocycles. The molecule has 182 valence electrons. The van der Waals surface area contributed by atoms with E-state index in [0.29, 0.717) is 69.2 Å². The van der Waals surface area contributed by atoms with Crippen molar-refractivity contribution in [1.29, 1.82) is 0 Å². The van der Waals surface area contributed by atoms with Crippen molar-refractivity contribution in [2.24, 2.45) is 0 Å². The van der Waals surface area contributed by atoms with Gasteiger partial charge in [-0.15, -0.1) is 6.58 Å². The van der Waals surface area contributed by atoms with Crippen molar-refractivity contribution in [3.05, 3.63) is 71.8 Å². The Hall–Kier alpha value is -2.71. The zero-order valence-electron chi connectivity index (χ0n) is 19.6. The van der Waals surface area contributed by atoms with Crippen LogP contribution in [0.5, 0.6) is 11.5 Å². The molecule has 1 saturated carbocycles. The third kappa shape index (κ3) is 2.62. The summed E-state index contributed by atoms with van der Waals surface area (Å²) < 4.78 is 25.4. The van der Waals surface area contributed by atoms with Gasteiger partial charge < -0.3 is 24.1 Å². The minimum atomic E-state index is -1.30. The summed E-state index contributed by atoms with van der Waals surface area (Å²) in [4.78, 5) is 16.0. The normalized spacial score (nSPS) is 33.9. The molecule has 2 spiro atoms. The topological polar surface area (TPSA) is 77.5 Å². The lowest BCUT2D eigenvalue weighted by atomic mass is 9.47. The number of benzene rings is 2. The third-order valence-electron chi connectivity index (χ3n) is 8.78. The predicted octanol–water partition coefficient (Wildman–Crippen LogP) is 2.99. The number of likely N-dealkylation sites (tertiary alicyclic amines) is 1. The Bertz CT molecular complexity index is 1210. The molecule has 4 atom stereocenters. The molecule has 3 aliphatic heterocycles. The van der Waals surface area contributed by atoms with Gasteiger partial charge in [0.05, 0.1) is 18.6 Å². The molecule has 35 heavy (non-hydrogen) atoms. The maximum Gasteiger partial charge on any atom is 0.207 e. The summed E-state index contributed by atoms with van der Waals surface area (Å²) in [6.07, 6.45) is 2.72. The first-order valence-corrected chi connectivity index (χ1v) is 12.4. The van der Waals surface area contributed by atoms with E-state index in [-0.39, 0.29) is 5.78 Å². The number of carbonyl (C=O) groups is 1. The Morgan fingerprint density at radius 1 is 1.11 bits per heavy atom. The molecule has 2 aromatic rings. The summed E-state index contributed by atoms with van der Waals surface area (Å²) in [6.45, 7) is 6.41. The molecule has 3 fully saturated rings. The van der Waals surface area contributed by atoms with Crippen LogP contribution in [-0.4, -0.2) is 65.6 Å². The van der Waals surface area contributed by atoms with Gasteiger partial charge in [0, 0.05) is 30.6 Å². The molecule has 7 rings (SSSR count). The molecule has 0 aromatic heterocycles. The minimum Gasteiger partial charge on any atom is -0.485 e. The summed E-state index contributed by atoms with van der Waals surface area (Å²) in [5.41, 5.74) is 0.298. The van der Waals surface area contributed by atoms with Gasteiger partial charge in [0.25, 0.3) is 0 Å². The van der Waals surface area contributed by atoms with E-state index in [1.54, 1.807) is 6.08 Å². The van der Waals surface area contributed by atoms with Crippen LogP contribution in [0.15, 0.2) is 55.1 Å². The van der Waals surface area contributed by atoms with Crippen molar-refractivity contribution in [2.75, 3.05) is 26.3 Å². The summed E-state index contributed by atoms with van der Waals surface area (Å²) in [5, 5.41) is 12.5. The van der Waals surface area contributed by atoms with Crippen LogP contribution in [0.1, 0.15) is 40.7 Å². The third-order valence-corrected chi connectivity index (χ3v) is 8.78. The number of Topliss-reactive ketones (excluding diaryl/α,β-unsaturated/α-hetero) is 1. The lowest BCUT2D eigenvalue weighted by molar-refractivity contribution is -0.291. The molecule has 3 heterocycles. The van der Waals surface area contributed by atoms with Crippen LogP contribution < -0.4 is 9.47 Å². The van der Waals surface area contributed by atoms with E-state index in [1.165, 1.54) is 0 Å². The van der Waals surface area contributed by atoms with Crippen molar-refractivity contribution in [3.8, 4) is 11.5 Å². The standard InChI is InChI=1S/C28H29NO6/c1-2-13-29-14-12-26-21-19-8-9-20(32-17-18-6-4-3-5-7-18)23(21)35-25(26)28(33-15-16-34-28)11-10-27(26,31)24(29)22(19)30/h2-9,24-25,31H,1,10-17H2/t24-,25-,26+,27-/m1/s1. The number of carbonyl (C=O) groups excluding carboxylic acids is 1. The number of hydrogen-bond acceptors (Lipinski definition) is 7. The van der Waals surface area contributed by atoms with Crippen molar-refractivity contribution in [2.45, 2.75) is 54.8 Å². The molecule has 0 amide bonds. The SMILES string of the molecule is C=CCN1CC[C@]23c4c5ccc(OCc6ccccc6)c4O[C@H]2C2(CC[C@@]3(O)[C@H]1C5=O)OCCO2. The van der Waals surface area contributed by atoms with E-state index in [9.17, 15) is 9.90 Å². The molecule has 7 heteroatoms. The van der Waals surface area contributed by atoms with E-state index >= 15 is 0 Å². The second kappa shape index (κ2) is 7.40. The Kier molecular flexibility index (Phi) is 4.56. The van der Waals surface area contributed by atoms with Gasteiger partial charge >= 0.3 is 0 Å². The minimum absolute atomic E-state index is 0.0657.